The van der Waals surface area contributed by atoms with Crippen LogP contribution in [0.4, 0.5) is 0 Å². The van der Waals surface area contributed by atoms with E-state index in [1.807, 2.05) is 19.2 Å². The largest absolute Gasteiger partial charge is 0.493 e. The number of nitrogens with one attached hydrogen (secondary N) is 2. The standard InChI is InChI=1S/C14H20N2O4/c1-15-8-10-6-12-13(20-9-19-12)7-11(10)18-5-3-4-14(17)16-2/h6-7,15H,3-5,8-9H2,1-2H3,(H,16,17). The van der Waals surface area contributed by atoms with Gasteiger partial charge in [0.05, 0.1) is 6.61 Å². The lowest BCUT2D eigenvalue weighted by Gasteiger charge is -2.12. The van der Waals surface area contributed by atoms with Gasteiger partial charge in [0.25, 0.3) is 0 Å². The van der Waals surface area contributed by atoms with Gasteiger partial charge in [-0.15, -0.1) is 0 Å². The molecule has 1 heterocycles. The number of hydrogen-bond acceptors (Lipinski definition) is 5. The topological polar surface area (TPSA) is 68.8 Å². The molecule has 2 rings (SSSR count). The third-order valence-electron chi connectivity index (χ3n) is 3.01. The van der Waals surface area contributed by atoms with Crippen molar-refractivity contribution in [2.45, 2.75) is 19.4 Å². The number of carbonyl (C=O) groups is 1. The van der Waals surface area contributed by atoms with E-state index < -0.39 is 0 Å². The molecular formula is C14H20N2O4. The van der Waals surface area contributed by atoms with Crippen LogP contribution in [0, 0.1) is 0 Å². The fraction of sp³-hybridized carbons (Fsp3) is 0.500. The summed E-state index contributed by atoms with van der Waals surface area (Å²) >= 11 is 0. The lowest BCUT2D eigenvalue weighted by molar-refractivity contribution is -0.120. The Bertz CT molecular complexity index is 476. The van der Waals surface area contributed by atoms with Crippen LogP contribution in [0.5, 0.6) is 17.2 Å². The molecule has 1 aliphatic rings. The first kappa shape index (κ1) is 14.5. The maximum atomic E-state index is 11.1. The average Bonchev–Trinajstić information content (AvgIpc) is 2.90. The Balaban J connectivity index is 1.97. The summed E-state index contributed by atoms with van der Waals surface area (Å²) in [6.07, 6.45) is 1.13. The second-order valence-corrected chi connectivity index (χ2v) is 4.47. The molecule has 6 nitrogen and oxygen atoms in total. The molecule has 0 unspecified atom stereocenters. The van der Waals surface area contributed by atoms with E-state index in [0.29, 0.717) is 31.7 Å². The van der Waals surface area contributed by atoms with Crippen molar-refractivity contribution >= 4 is 5.91 Å². The van der Waals surface area contributed by atoms with Crippen LogP contribution in [-0.4, -0.2) is 33.4 Å². The van der Waals surface area contributed by atoms with Crippen LogP contribution in [0.25, 0.3) is 0 Å². The predicted molar refractivity (Wildman–Crippen MR) is 74.1 cm³/mol. The SMILES string of the molecule is CNCc1cc2c(cc1OCCCC(=O)NC)OCO2. The van der Waals surface area contributed by atoms with Gasteiger partial charge in [-0.2, -0.15) is 0 Å². The van der Waals surface area contributed by atoms with Gasteiger partial charge < -0.3 is 24.8 Å². The molecule has 20 heavy (non-hydrogen) atoms. The van der Waals surface area contributed by atoms with Crippen molar-refractivity contribution in [1.82, 2.24) is 10.6 Å². The molecular weight excluding hydrogens is 260 g/mol. The number of amides is 1. The number of carbonyl (C=O) groups excluding carboxylic acids is 1. The Kier molecular flexibility index (Phi) is 5.06. The van der Waals surface area contributed by atoms with Gasteiger partial charge >= 0.3 is 0 Å². The molecule has 0 aliphatic carbocycles. The van der Waals surface area contributed by atoms with E-state index in [9.17, 15) is 4.79 Å². The van der Waals surface area contributed by atoms with Gasteiger partial charge in [0, 0.05) is 31.6 Å². The van der Waals surface area contributed by atoms with E-state index in [1.54, 1.807) is 7.05 Å². The molecule has 0 aromatic heterocycles. The molecule has 1 aliphatic heterocycles. The van der Waals surface area contributed by atoms with Crippen LogP contribution in [-0.2, 0) is 11.3 Å². The maximum absolute atomic E-state index is 11.1. The molecule has 1 amide bonds. The molecule has 0 atom stereocenters. The van der Waals surface area contributed by atoms with Crippen molar-refractivity contribution in [3.8, 4) is 17.2 Å². The van der Waals surface area contributed by atoms with Crippen LogP contribution in [0.15, 0.2) is 12.1 Å². The molecule has 0 bridgehead atoms. The van der Waals surface area contributed by atoms with E-state index in [1.165, 1.54) is 0 Å². The zero-order valence-electron chi connectivity index (χ0n) is 11.8. The minimum Gasteiger partial charge on any atom is -0.493 e. The van der Waals surface area contributed by atoms with E-state index in [-0.39, 0.29) is 12.7 Å². The summed E-state index contributed by atoms with van der Waals surface area (Å²) in [6, 6.07) is 3.77. The van der Waals surface area contributed by atoms with Crippen molar-refractivity contribution < 1.29 is 19.0 Å². The Labute approximate surface area is 118 Å². The first-order valence-electron chi connectivity index (χ1n) is 6.65. The van der Waals surface area contributed by atoms with Crippen molar-refractivity contribution in [2.75, 3.05) is 27.5 Å². The quantitative estimate of drug-likeness (QED) is 0.730. The van der Waals surface area contributed by atoms with Crippen LogP contribution in [0.3, 0.4) is 0 Å². The van der Waals surface area contributed by atoms with Crippen molar-refractivity contribution in [3.63, 3.8) is 0 Å². The number of hydrogen-bond donors (Lipinski definition) is 2. The van der Waals surface area contributed by atoms with Gasteiger partial charge in [0.2, 0.25) is 12.7 Å². The smallest absolute Gasteiger partial charge is 0.231 e. The first-order chi connectivity index (χ1) is 9.74. The van der Waals surface area contributed by atoms with Crippen LogP contribution in [0.1, 0.15) is 18.4 Å². The molecule has 1 aromatic rings. The fourth-order valence-corrected chi connectivity index (χ4v) is 1.97. The van der Waals surface area contributed by atoms with Gasteiger partial charge in [0.15, 0.2) is 11.5 Å². The molecule has 6 heteroatoms. The summed E-state index contributed by atoms with van der Waals surface area (Å²) in [5, 5.41) is 5.68. The lowest BCUT2D eigenvalue weighted by atomic mass is 10.1. The molecule has 2 N–H and O–H groups in total. The second-order valence-electron chi connectivity index (χ2n) is 4.47. The highest BCUT2D eigenvalue weighted by Crippen LogP contribution is 2.38. The monoisotopic (exact) mass is 280 g/mol. The highest BCUT2D eigenvalue weighted by atomic mass is 16.7. The van der Waals surface area contributed by atoms with Crippen LogP contribution >= 0.6 is 0 Å². The maximum Gasteiger partial charge on any atom is 0.231 e. The van der Waals surface area contributed by atoms with Gasteiger partial charge in [-0.3, -0.25) is 4.79 Å². The zero-order valence-corrected chi connectivity index (χ0v) is 11.8. The Morgan fingerprint density at radius 2 is 2.05 bits per heavy atom. The second kappa shape index (κ2) is 7.00. The summed E-state index contributed by atoms with van der Waals surface area (Å²) < 4.78 is 16.5. The van der Waals surface area contributed by atoms with Gasteiger partial charge in [-0.25, -0.2) is 0 Å². The molecule has 0 saturated heterocycles. The molecule has 110 valence electrons. The van der Waals surface area contributed by atoms with Gasteiger partial charge in [-0.05, 0) is 19.5 Å². The fourth-order valence-electron chi connectivity index (χ4n) is 1.97. The number of ether oxygens (including phenoxy) is 3. The molecule has 0 saturated carbocycles. The van der Waals surface area contributed by atoms with Crippen LogP contribution in [0.2, 0.25) is 0 Å². The van der Waals surface area contributed by atoms with E-state index in [2.05, 4.69) is 10.6 Å². The number of benzene rings is 1. The Hall–Kier alpha value is -1.95. The molecule has 1 aromatic carbocycles. The molecule has 0 radical (unpaired) electrons. The summed E-state index contributed by atoms with van der Waals surface area (Å²) in [4.78, 5) is 11.1. The minimum absolute atomic E-state index is 0.0229. The predicted octanol–water partition coefficient (Wildman–Crippen LogP) is 1.04. The summed E-state index contributed by atoms with van der Waals surface area (Å²) in [6.45, 7) is 1.42. The van der Waals surface area contributed by atoms with Crippen molar-refractivity contribution in [3.05, 3.63) is 17.7 Å². The van der Waals surface area contributed by atoms with Crippen molar-refractivity contribution in [1.29, 1.82) is 0 Å². The summed E-state index contributed by atoms with van der Waals surface area (Å²) in [7, 11) is 3.51. The van der Waals surface area contributed by atoms with Gasteiger partial charge in [-0.1, -0.05) is 0 Å². The first-order valence-corrected chi connectivity index (χ1v) is 6.65. The normalized spacial score (nSPS) is 12.3. The third kappa shape index (κ3) is 3.54. The van der Waals surface area contributed by atoms with Crippen molar-refractivity contribution in [2.24, 2.45) is 0 Å². The summed E-state index contributed by atoms with van der Waals surface area (Å²) in [5.74, 6) is 2.23. The molecule has 0 spiro atoms. The average molecular weight is 280 g/mol. The number of rotatable bonds is 7. The zero-order chi connectivity index (χ0) is 14.4. The minimum atomic E-state index is 0.0229. The third-order valence-corrected chi connectivity index (χ3v) is 3.01. The Morgan fingerprint density at radius 1 is 1.30 bits per heavy atom. The molecule has 0 fully saturated rings. The van der Waals surface area contributed by atoms with Gasteiger partial charge in [0.1, 0.15) is 5.75 Å². The van der Waals surface area contributed by atoms with Crippen LogP contribution < -0.4 is 24.8 Å². The lowest BCUT2D eigenvalue weighted by Crippen LogP contribution is -2.18. The van der Waals surface area contributed by atoms with E-state index in [4.69, 9.17) is 14.2 Å². The van der Waals surface area contributed by atoms with E-state index >= 15 is 0 Å². The highest BCUT2D eigenvalue weighted by Gasteiger charge is 2.17. The van der Waals surface area contributed by atoms with E-state index in [0.717, 1.165) is 17.1 Å². The highest BCUT2D eigenvalue weighted by molar-refractivity contribution is 5.75. The summed E-state index contributed by atoms with van der Waals surface area (Å²) in [5.41, 5.74) is 1.01. The Morgan fingerprint density at radius 3 is 2.75 bits per heavy atom. The number of fused-ring (bicyclic) bond motifs is 1.